The lowest BCUT2D eigenvalue weighted by atomic mass is 10.1. The number of carbonyl (C=O) groups is 1. The second-order valence-corrected chi connectivity index (χ2v) is 7.22. The fourth-order valence-electron chi connectivity index (χ4n) is 2.34. The van der Waals surface area contributed by atoms with E-state index in [2.05, 4.69) is 4.72 Å². The minimum Gasteiger partial charge on any atom is -0.341 e. The van der Waals surface area contributed by atoms with Gasteiger partial charge in [0, 0.05) is 31.6 Å². The molecule has 0 saturated carbocycles. The lowest BCUT2D eigenvalue weighted by molar-refractivity contribution is -0.132. The summed E-state index contributed by atoms with van der Waals surface area (Å²) in [6.07, 6.45) is 4.90. The number of carbonyl (C=O) groups excluding carboxylic acids is 1. The van der Waals surface area contributed by atoms with Crippen molar-refractivity contribution in [1.29, 1.82) is 0 Å². The van der Waals surface area contributed by atoms with Gasteiger partial charge in [0.15, 0.2) is 0 Å². The molecule has 0 radical (unpaired) electrons. The van der Waals surface area contributed by atoms with Crippen LogP contribution in [0.1, 0.15) is 39.0 Å². The predicted molar refractivity (Wildman–Crippen MR) is 75.1 cm³/mol. The van der Waals surface area contributed by atoms with E-state index in [1.807, 2.05) is 6.92 Å². The van der Waals surface area contributed by atoms with Gasteiger partial charge >= 0.3 is 0 Å². The third-order valence-electron chi connectivity index (χ3n) is 3.20. The first kappa shape index (κ1) is 16.4. The summed E-state index contributed by atoms with van der Waals surface area (Å²) in [5.74, 6) is 0.0978. The number of hydrogen-bond acceptors (Lipinski definition) is 4. The summed E-state index contributed by atoms with van der Waals surface area (Å²) >= 11 is 0. The Balaban J connectivity index is 2.39. The SMILES string of the molecule is CC(N)CCCC(=O)N1CCCC(NS(C)(=O)=O)C1. The number of hydrogen-bond donors (Lipinski definition) is 2. The van der Waals surface area contributed by atoms with E-state index in [0.717, 1.165) is 38.5 Å². The van der Waals surface area contributed by atoms with Crippen molar-refractivity contribution >= 4 is 15.9 Å². The van der Waals surface area contributed by atoms with Crippen molar-refractivity contribution in [3.63, 3.8) is 0 Å². The largest absolute Gasteiger partial charge is 0.341 e. The van der Waals surface area contributed by atoms with Crippen molar-refractivity contribution in [2.24, 2.45) is 5.73 Å². The Morgan fingerprint density at radius 2 is 2.21 bits per heavy atom. The molecule has 1 aliphatic heterocycles. The highest BCUT2D eigenvalue weighted by Gasteiger charge is 2.25. The molecule has 19 heavy (non-hydrogen) atoms. The number of piperidine rings is 1. The van der Waals surface area contributed by atoms with Crippen molar-refractivity contribution in [1.82, 2.24) is 9.62 Å². The molecular formula is C12H25N3O3S. The number of nitrogens with two attached hydrogens (primary N) is 1. The molecule has 112 valence electrons. The molecule has 1 saturated heterocycles. The van der Waals surface area contributed by atoms with E-state index in [-0.39, 0.29) is 18.0 Å². The molecule has 0 aromatic heterocycles. The van der Waals surface area contributed by atoms with Gasteiger partial charge in [0.25, 0.3) is 0 Å². The summed E-state index contributed by atoms with van der Waals surface area (Å²) in [4.78, 5) is 13.8. The second kappa shape index (κ2) is 7.21. The van der Waals surface area contributed by atoms with Gasteiger partial charge in [0.05, 0.1) is 6.26 Å². The molecule has 1 heterocycles. The first-order valence-electron chi connectivity index (χ1n) is 6.78. The molecule has 0 aromatic rings. The number of rotatable bonds is 6. The fraction of sp³-hybridized carbons (Fsp3) is 0.917. The Morgan fingerprint density at radius 3 is 2.79 bits per heavy atom. The van der Waals surface area contributed by atoms with E-state index in [1.54, 1.807) is 4.90 Å². The molecule has 0 spiro atoms. The van der Waals surface area contributed by atoms with Gasteiger partial charge in [-0.25, -0.2) is 13.1 Å². The Hall–Kier alpha value is -0.660. The van der Waals surface area contributed by atoms with E-state index in [4.69, 9.17) is 5.73 Å². The lowest BCUT2D eigenvalue weighted by Gasteiger charge is -2.32. The Bertz CT molecular complexity index is 395. The van der Waals surface area contributed by atoms with Crippen LogP contribution < -0.4 is 10.5 Å². The molecule has 1 rings (SSSR count). The first-order valence-corrected chi connectivity index (χ1v) is 8.67. The molecule has 3 N–H and O–H groups in total. The normalized spacial score (nSPS) is 22.3. The average Bonchev–Trinajstić information content (AvgIpc) is 2.26. The number of nitrogens with zero attached hydrogens (tertiary/aromatic N) is 1. The maximum Gasteiger partial charge on any atom is 0.222 e. The smallest absolute Gasteiger partial charge is 0.222 e. The molecule has 0 aromatic carbocycles. The number of likely N-dealkylation sites (tertiary alicyclic amines) is 1. The van der Waals surface area contributed by atoms with E-state index in [1.165, 1.54) is 0 Å². The van der Waals surface area contributed by atoms with Gasteiger partial charge in [-0.3, -0.25) is 4.79 Å². The van der Waals surface area contributed by atoms with Crippen LogP contribution in [0, 0.1) is 0 Å². The molecule has 2 unspecified atom stereocenters. The van der Waals surface area contributed by atoms with E-state index < -0.39 is 10.0 Å². The van der Waals surface area contributed by atoms with Gasteiger partial charge in [-0.05, 0) is 32.6 Å². The summed E-state index contributed by atoms with van der Waals surface area (Å²) in [5, 5.41) is 0. The predicted octanol–water partition coefficient (Wildman–Crippen LogP) is 0.0441. The zero-order valence-electron chi connectivity index (χ0n) is 11.8. The number of nitrogens with one attached hydrogen (secondary N) is 1. The van der Waals surface area contributed by atoms with Crippen LogP contribution in [0.25, 0.3) is 0 Å². The molecule has 1 aliphatic rings. The maximum atomic E-state index is 12.0. The Morgan fingerprint density at radius 1 is 1.53 bits per heavy atom. The first-order chi connectivity index (χ1) is 8.78. The Kier molecular flexibility index (Phi) is 6.22. The molecule has 1 amide bonds. The van der Waals surface area contributed by atoms with Crippen LogP contribution in [-0.2, 0) is 14.8 Å². The van der Waals surface area contributed by atoms with Gasteiger partial charge in [0.2, 0.25) is 15.9 Å². The van der Waals surface area contributed by atoms with Crippen LogP contribution in [0.15, 0.2) is 0 Å². The summed E-state index contributed by atoms with van der Waals surface area (Å²) in [6.45, 7) is 3.13. The molecule has 7 heteroatoms. The van der Waals surface area contributed by atoms with Crippen molar-refractivity contribution in [2.45, 2.75) is 51.1 Å². The minimum atomic E-state index is -3.21. The summed E-state index contributed by atoms with van der Waals surface area (Å²) in [7, 11) is -3.21. The van der Waals surface area contributed by atoms with Crippen molar-refractivity contribution in [2.75, 3.05) is 19.3 Å². The van der Waals surface area contributed by atoms with E-state index in [9.17, 15) is 13.2 Å². The standard InChI is InChI=1S/C12H25N3O3S/c1-10(13)5-3-7-12(16)15-8-4-6-11(9-15)14-19(2,17)18/h10-11,14H,3-9,13H2,1-2H3. The van der Waals surface area contributed by atoms with Crippen LogP contribution in [0.2, 0.25) is 0 Å². The third kappa shape index (κ3) is 6.89. The van der Waals surface area contributed by atoms with Crippen LogP contribution >= 0.6 is 0 Å². The second-order valence-electron chi connectivity index (χ2n) is 5.44. The zero-order chi connectivity index (χ0) is 14.5. The van der Waals surface area contributed by atoms with Crippen molar-refractivity contribution in [3.8, 4) is 0 Å². The molecule has 6 nitrogen and oxygen atoms in total. The van der Waals surface area contributed by atoms with Gasteiger partial charge in [-0.1, -0.05) is 0 Å². The highest BCUT2D eigenvalue weighted by Crippen LogP contribution is 2.13. The van der Waals surface area contributed by atoms with Gasteiger partial charge < -0.3 is 10.6 Å². The number of sulfonamides is 1. The van der Waals surface area contributed by atoms with Gasteiger partial charge in [0.1, 0.15) is 0 Å². The highest BCUT2D eigenvalue weighted by molar-refractivity contribution is 7.88. The highest BCUT2D eigenvalue weighted by atomic mass is 32.2. The van der Waals surface area contributed by atoms with Crippen molar-refractivity contribution in [3.05, 3.63) is 0 Å². The molecule has 0 aliphatic carbocycles. The summed E-state index contributed by atoms with van der Waals surface area (Å²) in [5.41, 5.74) is 5.65. The van der Waals surface area contributed by atoms with Crippen LogP contribution in [0.3, 0.4) is 0 Å². The zero-order valence-corrected chi connectivity index (χ0v) is 12.6. The molecule has 2 atom stereocenters. The van der Waals surface area contributed by atoms with E-state index in [0.29, 0.717) is 13.0 Å². The molecular weight excluding hydrogens is 266 g/mol. The summed E-state index contributed by atoms with van der Waals surface area (Å²) in [6, 6.07) is -0.0325. The van der Waals surface area contributed by atoms with E-state index >= 15 is 0 Å². The van der Waals surface area contributed by atoms with Crippen molar-refractivity contribution < 1.29 is 13.2 Å². The van der Waals surface area contributed by atoms with Gasteiger partial charge in [-0.15, -0.1) is 0 Å². The molecule has 1 fully saturated rings. The molecule has 0 bridgehead atoms. The maximum absolute atomic E-state index is 12.0. The quantitative estimate of drug-likeness (QED) is 0.723. The fourth-order valence-corrected chi connectivity index (χ4v) is 3.13. The van der Waals surface area contributed by atoms with Gasteiger partial charge in [-0.2, -0.15) is 0 Å². The van der Waals surface area contributed by atoms with Crippen LogP contribution in [0.5, 0.6) is 0 Å². The van der Waals surface area contributed by atoms with Crippen LogP contribution in [-0.4, -0.2) is 50.7 Å². The topological polar surface area (TPSA) is 92.5 Å². The minimum absolute atomic E-state index is 0.0978. The third-order valence-corrected chi connectivity index (χ3v) is 3.97. The summed E-state index contributed by atoms with van der Waals surface area (Å²) < 4.78 is 25.0. The lowest BCUT2D eigenvalue weighted by Crippen LogP contribution is -2.49. The van der Waals surface area contributed by atoms with Crippen LogP contribution in [0.4, 0.5) is 0 Å². The Labute approximate surface area is 115 Å². The monoisotopic (exact) mass is 291 g/mol. The average molecular weight is 291 g/mol. The number of amides is 1.